The first kappa shape index (κ1) is 14.9. The Labute approximate surface area is 109 Å². The maximum absolute atomic E-state index is 11.8. The average molecular weight is 276 g/mol. The predicted octanol–water partition coefficient (Wildman–Crippen LogP) is 0.261. The number of carboxylic acid groups (broad SMARTS) is 1. The van der Waals surface area contributed by atoms with Crippen molar-refractivity contribution in [3.63, 3.8) is 0 Å². The van der Waals surface area contributed by atoms with Gasteiger partial charge < -0.3 is 15.3 Å². The van der Waals surface area contributed by atoms with E-state index in [1.165, 1.54) is 4.90 Å². The van der Waals surface area contributed by atoms with Crippen LogP contribution in [-0.2, 0) is 15.6 Å². The van der Waals surface area contributed by atoms with Crippen molar-refractivity contribution in [3.8, 4) is 0 Å². The molecule has 1 saturated heterocycles. The zero-order chi connectivity index (χ0) is 13.5. The first-order chi connectivity index (χ1) is 8.54. The summed E-state index contributed by atoms with van der Waals surface area (Å²) < 4.78 is 11.2. The summed E-state index contributed by atoms with van der Waals surface area (Å²) in [5.41, 5.74) is 0. The van der Waals surface area contributed by atoms with Crippen LogP contribution in [-0.4, -0.2) is 57.4 Å². The molecule has 0 radical (unpaired) electrons. The first-order valence-corrected chi connectivity index (χ1v) is 7.64. The summed E-state index contributed by atoms with van der Waals surface area (Å²) in [5, 5.41) is 11.6. The van der Waals surface area contributed by atoms with Gasteiger partial charge in [0.1, 0.15) is 0 Å². The largest absolute Gasteiger partial charge is 0.481 e. The second-order valence-electron chi connectivity index (χ2n) is 4.29. The molecule has 18 heavy (non-hydrogen) atoms. The Morgan fingerprint density at radius 3 is 2.83 bits per heavy atom. The number of piperidine rings is 1. The lowest BCUT2D eigenvalue weighted by molar-refractivity contribution is -0.143. The van der Waals surface area contributed by atoms with Gasteiger partial charge in [0.05, 0.1) is 5.92 Å². The third kappa shape index (κ3) is 4.64. The van der Waals surface area contributed by atoms with Gasteiger partial charge in [-0.1, -0.05) is 6.92 Å². The number of carbonyl (C=O) groups excluding carboxylic acids is 1. The number of likely N-dealkylation sites (tertiary alicyclic amines) is 1. The standard InChI is InChI=1S/C11H20N2O4S/c1-2-18(17)7-5-12-11(16)13-6-3-4-9(8-13)10(14)15/h9H,2-8H2,1H3,(H,12,16)(H,14,15). The zero-order valence-corrected chi connectivity index (χ0v) is 11.4. The fraction of sp³-hybridized carbons (Fsp3) is 0.818. The Morgan fingerprint density at radius 2 is 2.22 bits per heavy atom. The van der Waals surface area contributed by atoms with E-state index >= 15 is 0 Å². The van der Waals surface area contributed by atoms with Crippen LogP contribution in [0.3, 0.4) is 0 Å². The maximum atomic E-state index is 11.8. The fourth-order valence-electron chi connectivity index (χ4n) is 1.89. The molecule has 0 spiro atoms. The Hall–Kier alpha value is -1.11. The highest BCUT2D eigenvalue weighted by Crippen LogP contribution is 2.16. The van der Waals surface area contributed by atoms with E-state index in [0.717, 1.165) is 0 Å². The molecule has 7 heteroatoms. The van der Waals surface area contributed by atoms with Gasteiger partial charge in [-0.15, -0.1) is 0 Å². The van der Waals surface area contributed by atoms with Crippen molar-refractivity contribution in [1.82, 2.24) is 10.2 Å². The van der Waals surface area contributed by atoms with Crippen LogP contribution in [0.4, 0.5) is 4.79 Å². The molecule has 0 aliphatic carbocycles. The molecule has 1 aliphatic heterocycles. The molecule has 0 aromatic heterocycles. The number of nitrogens with zero attached hydrogens (tertiary/aromatic N) is 1. The lowest BCUT2D eigenvalue weighted by Gasteiger charge is -2.30. The van der Waals surface area contributed by atoms with E-state index in [4.69, 9.17) is 5.11 Å². The molecule has 2 atom stereocenters. The summed E-state index contributed by atoms with van der Waals surface area (Å²) in [7, 11) is -0.890. The Balaban J connectivity index is 2.32. The van der Waals surface area contributed by atoms with Gasteiger partial charge in [0.15, 0.2) is 0 Å². The van der Waals surface area contributed by atoms with Crippen LogP contribution in [0.15, 0.2) is 0 Å². The van der Waals surface area contributed by atoms with Crippen LogP contribution in [0.5, 0.6) is 0 Å². The van der Waals surface area contributed by atoms with Crippen LogP contribution in [0.1, 0.15) is 19.8 Å². The topological polar surface area (TPSA) is 86.7 Å². The molecule has 2 N–H and O–H groups in total. The molecular weight excluding hydrogens is 256 g/mol. The SMILES string of the molecule is CCS(=O)CCNC(=O)N1CCCC(C(=O)O)C1. The highest BCUT2D eigenvalue weighted by molar-refractivity contribution is 7.84. The number of amides is 2. The Kier molecular flexibility index (Phi) is 6.11. The number of carbonyl (C=O) groups is 2. The summed E-state index contributed by atoms with van der Waals surface area (Å²) in [4.78, 5) is 24.2. The van der Waals surface area contributed by atoms with Gasteiger partial charge in [0.25, 0.3) is 0 Å². The summed E-state index contributed by atoms with van der Waals surface area (Å²) >= 11 is 0. The molecule has 0 aromatic carbocycles. The minimum atomic E-state index is -0.890. The highest BCUT2D eigenvalue weighted by Gasteiger charge is 2.27. The zero-order valence-electron chi connectivity index (χ0n) is 10.6. The quantitative estimate of drug-likeness (QED) is 0.754. The first-order valence-electron chi connectivity index (χ1n) is 6.15. The minimum absolute atomic E-state index is 0.256. The van der Waals surface area contributed by atoms with Crippen LogP contribution in [0.2, 0.25) is 0 Å². The minimum Gasteiger partial charge on any atom is -0.481 e. The molecular formula is C11H20N2O4S. The third-order valence-corrected chi connectivity index (χ3v) is 4.29. The molecule has 0 bridgehead atoms. The van der Waals surface area contributed by atoms with E-state index in [9.17, 15) is 13.8 Å². The lowest BCUT2D eigenvalue weighted by Crippen LogP contribution is -2.47. The summed E-state index contributed by atoms with van der Waals surface area (Å²) in [5.74, 6) is -0.284. The number of urea groups is 1. The third-order valence-electron chi connectivity index (χ3n) is 2.99. The molecule has 1 fully saturated rings. The van der Waals surface area contributed by atoms with E-state index < -0.39 is 22.7 Å². The normalized spacial score (nSPS) is 21.4. The summed E-state index contributed by atoms with van der Waals surface area (Å²) in [6, 6.07) is -0.256. The molecule has 2 amide bonds. The number of hydrogen-bond donors (Lipinski definition) is 2. The molecule has 0 saturated carbocycles. The number of nitrogens with one attached hydrogen (secondary N) is 1. The molecule has 104 valence electrons. The summed E-state index contributed by atoms with van der Waals surface area (Å²) in [6.45, 7) is 3.05. The molecule has 6 nitrogen and oxygen atoms in total. The molecule has 0 aromatic rings. The number of rotatable bonds is 5. The highest BCUT2D eigenvalue weighted by atomic mass is 32.2. The van der Waals surface area contributed by atoms with E-state index in [-0.39, 0.29) is 12.6 Å². The Morgan fingerprint density at radius 1 is 1.50 bits per heavy atom. The van der Waals surface area contributed by atoms with Gasteiger partial charge in [-0.05, 0) is 12.8 Å². The van der Waals surface area contributed by atoms with Crippen molar-refractivity contribution in [2.75, 3.05) is 31.1 Å². The van der Waals surface area contributed by atoms with Gasteiger partial charge >= 0.3 is 12.0 Å². The van der Waals surface area contributed by atoms with E-state index in [2.05, 4.69) is 5.32 Å². The summed E-state index contributed by atoms with van der Waals surface area (Å²) in [6.07, 6.45) is 1.34. The average Bonchev–Trinajstić information content (AvgIpc) is 2.38. The second-order valence-corrected chi connectivity index (χ2v) is 6.15. The van der Waals surface area contributed by atoms with Gasteiger partial charge in [0.2, 0.25) is 0 Å². The lowest BCUT2D eigenvalue weighted by atomic mass is 9.99. The van der Waals surface area contributed by atoms with Crippen LogP contribution in [0, 0.1) is 5.92 Å². The monoisotopic (exact) mass is 276 g/mol. The maximum Gasteiger partial charge on any atom is 0.317 e. The number of carboxylic acids is 1. The fourth-order valence-corrected chi connectivity index (χ4v) is 2.51. The Bertz CT molecular complexity index is 335. The van der Waals surface area contributed by atoms with Gasteiger partial charge in [-0.3, -0.25) is 9.00 Å². The van der Waals surface area contributed by atoms with Gasteiger partial charge in [-0.25, -0.2) is 4.79 Å². The van der Waals surface area contributed by atoms with Crippen LogP contribution >= 0.6 is 0 Å². The second kappa shape index (κ2) is 7.35. The van der Waals surface area contributed by atoms with Gasteiger partial charge in [0, 0.05) is 41.9 Å². The number of hydrogen-bond acceptors (Lipinski definition) is 3. The van der Waals surface area contributed by atoms with Crippen molar-refractivity contribution in [3.05, 3.63) is 0 Å². The van der Waals surface area contributed by atoms with Crippen molar-refractivity contribution in [2.45, 2.75) is 19.8 Å². The van der Waals surface area contributed by atoms with Crippen LogP contribution in [0.25, 0.3) is 0 Å². The smallest absolute Gasteiger partial charge is 0.317 e. The van der Waals surface area contributed by atoms with Gasteiger partial charge in [-0.2, -0.15) is 0 Å². The molecule has 1 heterocycles. The predicted molar refractivity (Wildman–Crippen MR) is 68.9 cm³/mol. The van der Waals surface area contributed by atoms with Crippen molar-refractivity contribution < 1.29 is 18.9 Å². The van der Waals surface area contributed by atoms with E-state index in [0.29, 0.717) is 37.4 Å². The van der Waals surface area contributed by atoms with Crippen LogP contribution < -0.4 is 5.32 Å². The van der Waals surface area contributed by atoms with E-state index in [1.807, 2.05) is 6.92 Å². The number of aliphatic carboxylic acids is 1. The van der Waals surface area contributed by atoms with Crippen molar-refractivity contribution >= 4 is 22.8 Å². The molecule has 1 rings (SSSR count). The molecule has 2 unspecified atom stereocenters. The van der Waals surface area contributed by atoms with Crippen molar-refractivity contribution in [1.29, 1.82) is 0 Å². The van der Waals surface area contributed by atoms with Crippen molar-refractivity contribution in [2.24, 2.45) is 5.92 Å². The molecule has 1 aliphatic rings. The van der Waals surface area contributed by atoms with E-state index in [1.54, 1.807) is 0 Å².